The molecule has 2 atom stereocenters. The quantitative estimate of drug-likeness (QED) is 0.502. The van der Waals surface area contributed by atoms with Crippen molar-refractivity contribution in [3.05, 3.63) is 70.3 Å². The summed E-state index contributed by atoms with van der Waals surface area (Å²) in [6, 6.07) is 11.8. The van der Waals surface area contributed by atoms with Crippen LogP contribution in [-0.2, 0) is 16.1 Å². The monoisotopic (exact) mass is 520 g/mol. The Morgan fingerprint density at radius 3 is 2.58 bits per heavy atom. The highest BCUT2D eigenvalue weighted by Crippen LogP contribution is 2.45. The molecule has 1 saturated carbocycles. The number of aryl methyl sites for hydroxylation is 1. The van der Waals surface area contributed by atoms with E-state index in [0.29, 0.717) is 29.4 Å². The number of carbonyl (C=O) groups excluding carboxylic acids is 2. The fraction of sp³-hybridized carbons (Fsp3) is 0.500. The molecule has 1 saturated heterocycles. The van der Waals surface area contributed by atoms with Crippen molar-refractivity contribution in [2.75, 3.05) is 25.5 Å². The van der Waals surface area contributed by atoms with Gasteiger partial charge in [0.15, 0.2) is 0 Å². The number of likely N-dealkylation sites (tertiary alicyclic amines) is 1. The molecule has 38 heavy (non-hydrogen) atoms. The van der Waals surface area contributed by atoms with E-state index in [1.54, 1.807) is 6.92 Å². The Morgan fingerprint density at radius 1 is 1.11 bits per heavy atom. The Kier molecular flexibility index (Phi) is 8.07. The van der Waals surface area contributed by atoms with E-state index >= 15 is 0 Å². The molecule has 1 aromatic heterocycles. The van der Waals surface area contributed by atoms with E-state index in [-0.39, 0.29) is 29.2 Å². The molecule has 0 bridgehead atoms. The largest absolute Gasteiger partial charge is 0.466 e. The third kappa shape index (κ3) is 5.75. The number of allylic oxidation sites excluding steroid dienone is 1. The van der Waals surface area contributed by atoms with Crippen molar-refractivity contribution in [2.24, 2.45) is 11.8 Å². The maximum absolute atomic E-state index is 14.6. The average Bonchev–Trinajstić information content (AvgIpc) is 3.29. The van der Waals surface area contributed by atoms with Gasteiger partial charge in [-0.3, -0.25) is 9.69 Å². The first-order valence-electron chi connectivity index (χ1n) is 13.8. The zero-order chi connectivity index (χ0) is 26.6. The Labute approximate surface area is 223 Å². The fourth-order valence-electron chi connectivity index (χ4n) is 6.27. The van der Waals surface area contributed by atoms with E-state index in [4.69, 9.17) is 4.74 Å². The SMILES string of the molecule is COC(=O)C1=C(NC(=O)c2cc(F)c(C)nc2NC2CCN(Cc3ccccc3)CC2)CC2CCCCC12. The standard InChI is InChI=1S/C30H37FN4O3/c1-19-25(31)17-24(29(36)34-26-16-21-10-6-7-11-23(21)27(26)30(37)38-2)28(32-19)33-22-12-14-35(15-13-22)18-20-8-4-3-5-9-20/h3-5,8-9,17,21-23H,6-7,10-16,18H2,1-2H3,(H,32,33)(H,34,36). The van der Waals surface area contributed by atoms with Crippen molar-refractivity contribution in [3.8, 4) is 0 Å². The van der Waals surface area contributed by atoms with Gasteiger partial charge in [0.2, 0.25) is 0 Å². The van der Waals surface area contributed by atoms with Gasteiger partial charge < -0.3 is 15.4 Å². The molecule has 2 aromatic rings. The molecule has 2 unspecified atom stereocenters. The molecule has 7 nitrogen and oxygen atoms in total. The van der Waals surface area contributed by atoms with E-state index in [0.717, 1.165) is 58.2 Å². The van der Waals surface area contributed by atoms with Crippen molar-refractivity contribution in [2.45, 2.75) is 64.5 Å². The first-order chi connectivity index (χ1) is 18.4. The van der Waals surface area contributed by atoms with Gasteiger partial charge in [-0.15, -0.1) is 0 Å². The molecular weight excluding hydrogens is 483 g/mol. The van der Waals surface area contributed by atoms with E-state index in [9.17, 15) is 14.0 Å². The highest BCUT2D eigenvalue weighted by atomic mass is 19.1. The summed E-state index contributed by atoms with van der Waals surface area (Å²) in [5.41, 5.74) is 2.88. The molecule has 8 heteroatoms. The second-order valence-electron chi connectivity index (χ2n) is 10.8. The zero-order valence-electron chi connectivity index (χ0n) is 22.3. The van der Waals surface area contributed by atoms with Gasteiger partial charge in [-0.1, -0.05) is 43.2 Å². The number of anilines is 1. The normalized spacial score (nSPS) is 22.2. The Morgan fingerprint density at radius 2 is 1.84 bits per heavy atom. The molecule has 3 aliphatic rings. The number of hydrogen-bond donors (Lipinski definition) is 2. The van der Waals surface area contributed by atoms with Crippen LogP contribution in [0.15, 0.2) is 47.7 Å². The van der Waals surface area contributed by atoms with Crippen LogP contribution in [0.1, 0.15) is 66.6 Å². The van der Waals surface area contributed by atoms with Crippen molar-refractivity contribution < 1.29 is 18.7 Å². The molecule has 2 aliphatic carbocycles. The molecule has 0 spiro atoms. The number of halogens is 1. The van der Waals surface area contributed by atoms with Gasteiger partial charge in [0.05, 0.1) is 23.9 Å². The minimum Gasteiger partial charge on any atom is -0.466 e. The number of pyridine rings is 1. The number of hydrogen-bond acceptors (Lipinski definition) is 6. The summed E-state index contributed by atoms with van der Waals surface area (Å²) in [4.78, 5) is 33.0. The molecule has 1 aliphatic heterocycles. The molecule has 1 amide bonds. The van der Waals surface area contributed by atoms with Crippen LogP contribution in [0.25, 0.3) is 0 Å². The molecular formula is C30H37FN4O3. The number of esters is 1. The first-order valence-corrected chi connectivity index (χ1v) is 13.8. The topological polar surface area (TPSA) is 83.6 Å². The fourth-order valence-corrected chi connectivity index (χ4v) is 6.27. The van der Waals surface area contributed by atoms with Crippen LogP contribution < -0.4 is 10.6 Å². The van der Waals surface area contributed by atoms with Gasteiger partial charge in [0.25, 0.3) is 5.91 Å². The second-order valence-corrected chi connectivity index (χ2v) is 10.8. The van der Waals surface area contributed by atoms with E-state index in [1.807, 2.05) is 6.07 Å². The molecule has 5 rings (SSSR count). The minimum atomic E-state index is -0.527. The van der Waals surface area contributed by atoms with Crippen LogP contribution >= 0.6 is 0 Å². The lowest BCUT2D eigenvalue weighted by atomic mass is 9.79. The van der Waals surface area contributed by atoms with Gasteiger partial charge in [-0.2, -0.15) is 0 Å². The molecule has 202 valence electrons. The van der Waals surface area contributed by atoms with E-state index < -0.39 is 11.7 Å². The third-order valence-corrected chi connectivity index (χ3v) is 8.31. The summed E-state index contributed by atoms with van der Waals surface area (Å²) in [6.45, 7) is 4.36. The van der Waals surface area contributed by atoms with Gasteiger partial charge in [-0.05, 0) is 62.5 Å². The number of ether oxygens (including phenoxy) is 1. The predicted octanol–water partition coefficient (Wildman–Crippen LogP) is 4.97. The molecule has 2 heterocycles. The van der Waals surface area contributed by atoms with Crippen LogP contribution in [0.4, 0.5) is 10.2 Å². The predicted molar refractivity (Wildman–Crippen MR) is 144 cm³/mol. The summed E-state index contributed by atoms with van der Waals surface area (Å²) in [5.74, 6) is -0.532. The summed E-state index contributed by atoms with van der Waals surface area (Å²) in [5, 5.41) is 6.39. The number of nitrogens with one attached hydrogen (secondary N) is 2. The van der Waals surface area contributed by atoms with Crippen LogP contribution in [0, 0.1) is 24.6 Å². The van der Waals surface area contributed by atoms with Crippen LogP contribution in [0.5, 0.6) is 0 Å². The van der Waals surface area contributed by atoms with Crippen molar-refractivity contribution >= 4 is 17.7 Å². The number of amides is 1. The van der Waals surface area contributed by atoms with Gasteiger partial charge in [-0.25, -0.2) is 14.2 Å². The molecule has 2 fully saturated rings. The maximum atomic E-state index is 14.6. The number of fused-ring (bicyclic) bond motifs is 1. The van der Waals surface area contributed by atoms with Crippen LogP contribution in [-0.4, -0.2) is 48.0 Å². The van der Waals surface area contributed by atoms with Crippen LogP contribution in [0.2, 0.25) is 0 Å². The number of rotatable bonds is 7. The lowest BCUT2D eigenvalue weighted by Gasteiger charge is -2.33. The van der Waals surface area contributed by atoms with Gasteiger partial charge in [0.1, 0.15) is 11.6 Å². The lowest BCUT2D eigenvalue weighted by Crippen LogP contribution is -2.39. The number of aromatic nitrogens is 1. The maximum Gasteiger partial charge on any atom is 0.335 e. The van der Waals surface area contributed by atoms with Crippen molar-refractivity contribution in [3.63, 3.8) is 0 Å². The summed E-state index contributed by atoms with van der Waals surface area (Å²) >= 11 is 0. The minimum absolute atomic E-state index is 0.109. The first kappa shape index (κ1) is 26.4. The Balaban J connectivity index is 1.30. The van der Waals surface area contributed by atoms with E-state index in [1.165, 1.54) is 18.7 Å². The Bertz CT molecular complexity index is 1210. The number of piperidine rings is 1. The average molecular weight is 521 g/mol. The number of nitrogens with zero attached hydrogens (tertiary/aromatic N) is 2. The zero-order valence-corrected chi connectivity index (χ0v) is 22.3. The van der Waals surface area contributed by atoms with E-state index in [2.05, 4.69) is 44.8 Å². The highest BCUT2D eigenvalue weighted by molar-refractivity contribution is 6.01. The summed E-state index contributed by atoms with van der Waals surface area (Å²) < 4.78 is 19.7. The molecule has 2 N–H and O–H groups in total. The van der Waals surface area contributed by atoms with Gasteiger partial charge >= 0.3 is 5.97 Å². The Hall–Kier alpha value is -3.26. The van der Waals surface area contributed by atoms with Crippen LogP contribution in [0.3, 0.4) is 0 Å². The smallest absolute Gasteiger partial charge is 0.335 e. The summed E-state index contributed by atoms with van der Waals surface area (Å²) in [7, 11) is 1.37. The lowest BCUT2D eigenvalue weighted by molar-refractivity contribution is -0.136. The van der Waals surface area contributed by atoms with Gasteiger partial charge in [0, 0.05) is 31.4 Å². The van der Waals surface area contributed by atoms with Crippen molar-refractivity contribution in [1.29, 1.82) is 0 Å². The van der Waals surface area contributed by atoms with Crippen molar-refractivity contribution in [1.82, 2.24) is 15.2 Å². The number of carbonyl (C=O) groups is 2. The summed E-state index contributed by atoms with van der Waals surface area (Å²) in [6.07, 6.45) is 6.56. The third-order valence-electron chi connectivity index (χ3n) is 8.31. The number of methoxy groups -OCH3 is 1. The highest BCUT2D eigenvalue weighted by Gasteiger charge is 2.40. The number of benzene rings is 1. The molecule has 0 radical (unpaired) electrons. The second kappa shape index (κ2) is 11.6. The molecule has 1 aromatic carbocycles.